The molecule has 1 aliphatic heterocycles. The number of carbonyl (C=O) groups is 2. The highest BCUT2D eigenvalue weighted by Gasteiger charge is 2.33. The van der Waals surface area contributed by atoms with Crippen LogP contribution >= 0.6 is 0 Å². The van der Waals surface area contributed by atoms with Crippen LogP contribution in [0.5, 0.6) is 5.75 Å². The van der Waals surface area contributed by atoms with Crippen LogP contribution in [0.3, 0.4) is 0 Å². The van der Waals surface area contributed by atoms with Gasteiger partial charge in [-0.05, 0) is 42.3 Å². The lowest BCUT2D eigenvalue weighted by molar-refractivity contribution is -0.128. The van der Waals surface area contributed by atoms with E-state index in [0.717, 1.165) is 0 Å². The van der Waals surface area contributed by atoms with Gasteiger partial charge in [-0.3, -0.25) is 9.59 Å². The Bertz CT molecular complexity index is 856. The SMILES string of the molecule is COc1ccc(F)cc1-c1cccc(C(=O)N2CCNC(=O)[C@@H]2CCO)c1. The lowest BCUT2D eigenvalue weighted by Crippen LogP contribution is -2.57. The highest BCUT2D eigenvalue weighted by Crippen LogP contribution is 2.31. The molecule has 0 radical (unpaired) electrons. The fraction of sp³-hybridized carbons (Fsp3) is 0.300. The van der Waals surface area contributed by atoms with Crippen molar-refractivity contribution in [1.29, 1.82) is 0 Å². The highest BCUT2D eigenvalue weighted by molar-refractivity contribution is 5.99. The van der Waals surface area contributed by atoms with Crippen LogP contribution in [0.2, 0.25) is 0 Å². The van der Waals surface area contributed by atoms with Gasteiger partial charge in [-0.1, -0.05) is 12.1 Å². The van der Waals surface area contributed by atoms with Crippen molar-refractivity contribution in [2.24, 2.45) is 0 Å². The van der Waals surface area contributed by atoms with E-state index in [9.17, 15) is 19.1 Å². The molecule has 1 heterocycles. The summed E-state index contributed by atoms with van der Waals surface area (Å²) in [7, 11) is 1.50. The number of hydrogen-bond acceptors (Lipinski definition) is 4. The van der Waals surface area contributed by atoms with Crippen LogP contribution in [0, 0.1) is 5.82 Å². The zero-order chi connectivity index (χ0) is 19.4. The molecule has 1 aliphatic rings. The van der Waals surface area contributed by atoms with E-state index in [2.05, 4.69) is 5.32 Å². The Balaban J connectivity index is 1.94. The molecule has 2 aromatic rings. The van der Waals surface area contributed by atoms with Gasteiger partial charge in [0.1, 0.15) is 17.6 Å². The lowest BCUT2D eigenvalue weighted by Gasteiger charge is -2.35. The largest absolute Gasteiger partial charge is 0.496 e. The van der Waals surface area contributed by atoms with Gasteiger partial charge in [-0.25, -0.2) is 4.39 Å². The summed E-state index contributed by atoms with van der Waals surface area (Å²) < 4.78 is 19.0. The van der Waals surface area contributed by atoms with Gasteiger partial charge in [0.15, 0.2) is 0 Å². The summed E-state index contributed by atoms with van der Waals surface area (Å²) in [4.78, 5) is 26.5. The fourth-order valence-electron chi connectivity index (χ4n) is 3.26. The standard InChI is InChI=1S/C20H21FN2O4/c1-27-18-6-5-15(21)12-16(18)13-3-2-4-14(11-13)20(26)23-9-8-22-19(25)17(23)7-10-24/h2-6,11-12,17,24H,7-10H2,1H3,(H,22,25)/t17-/m0/s1. The summed E-state index contributed by atoms with van der Waals surface area (Å²) >= 11 is 0. The molecule has 1 atom stereocenters. The topological polar surface area (TPSA) is 78.9 Å². The van der Waals surface area contributed by atoms with Crippen molar-refractivity contribution in [3.05, 3.63) is 53.8 Å². The molecule has 0 unspecified atom stereocenters. The van der Waals surface area contributed by atoms with Crippen LogP contribution in [0.15, 0.2) is 42.5 Å². The number of piperazine rings is 1. The van der Waals surface area contributed by atoms with Crippen molar-refractivity contribution >= 4 is 11.8 Å². The molecule has 7 heteroatoms. The average Bonchev–Trinajstić information content (AvgIpc) is 2.69. The number of aliphatic hydroxyl groups excluding tert-OH is 1. The van der Waals surface area contributed by atoms with Gasteiger partial charge in [-0.15, -0.1) is 0 Å². The van der Waals surface area contributed by atoms with Gasteiger partial charge >= 0.3 is 0 Å². The molecule has 2 aromatic carbocycles. The number of hydrogen-bond donors (Lipinski definition) is 2. The van der Waals surface area contributed by atoms with Crippen molar-refractivity contribution in [3.8, 4) is 16.9 Å². The molecular weight excluding hydrogens is 351 g/mol. The van der Waals surface area contributed by atoms with Gasteiger partial charge < -0.3 is 20.1 Å². The van der Waals surface area contributed by atoms with Crippen molar-refractivity contribution in [3.63, 3.8) is 0 Å². The molecule has 0 aromatic heterocycles. The van der Waals surface area contributed by atoms with Crippen LogP contribution in [0.25, 0.3) is 11.1 Å². The average molecular weight is 372 g/mol. The molecular formula is C20H21FN2O4. The number of methoxy groups -OCH3 is 1. The molecule has 0 saturated carbocycles. The number of ether oxygens (including phenoxy) is 1. The van der Waals surface area contributed by atoms with Crippen molar-refractivity contribution in [2.45, 2.75) is 12.5 Å². The summed E-state index contributed by atoms with van der Waals surface area (Å²) in [6, 6.07) is 10.3. The normalized spacial score (nSPS) is 16.8. The third-order valence-electron chi connectivity index (χ3n) is 4.58. The summed E-state index contributed by atoms with van der Waals surface area (Å²) in [5.74, 6) is -0.484. The number of aliphatic hydroxyl groups is 1. The Morgan fingerprint density at radius 1 is 1.33 bits per heavy atom. The summed E-state index contributed by atoms with van der Waals surface area (Å²) in [5, 5.41) is 11.9. The number of rotatable bonds is 5. The Kier molecular flexibility index (Phi) is 5.71. The Morgan fingerprint density at radius 3 is 2.89 bits per heavy atom. The first-order valence-electron chi connectivity index (χ1n) is 8.68. The van der Waals surface area contributed by atoms with Gasteiger partial charge in [0.05, 0.1) is 7.11 Å². The zero-order valence-electron chi connectivity index (χ0n) is 14.9. The van der Waals surface area contributed by atoms with Crippen LogP contribution in [-0.2, 0) is 4.79 Å². The third kappa shape index (κ3) is 3.93. The molecule has 2 amide bonds. The number of halogens is 1. The molecule has 142 valence electrons. The van der Waals surface area contributed by atoms with Gasteiger partial charge in [0, 0.05) is 30.8 Å². The third-order valence-corrected chi connectivity index (χ3v) is 4.58. The fourth-order valence-corrected chi connectivity index (χ4v) is 3.26. The molecule has 0 spiro atoms. The first-order chi connectivity index (χ1) is 13.0. The van der Waals surface area contributed by atoms with Gasteiger partial charge in [-0.2, -0.15) is 0 Å². The maximum Gasteiger partial charge on any atom is 0.254 e. The Morgan fingerprint density at radius 2 is 2.15 bits per heavy atom. The second-order valence-corrected chi connectivity index (χ2v) is 6.24. The number of carbonyl (C=O) groups excluding carboxylic acids is 2. The predicted octanol–water partition coefficient (Wildman–Crippen LogP) is 1.82. The summed E-state index contributed by atoms with van der Waals surface area (Å²) in [6.07, 6.45) is 0.176. The number of benzene rings is 2. The van der Waals surface area contributed by atoms with Gasteiger partial charge in [0.25, 0.3) is 5.91 Å². The molecule has 27 heavy (non-hydrogen) atoms. The van der Waals surface area contributed by atoms with E-state index in [0.29, 0.717) is 35.5 Å². The highest BCUT2D eigenvalue weighted by atomic mass is 19.1. The molecule has 1 fully saturated rings. The van der Waals surface area contributed by atoms with E-state index in [1.165, 1.54) is 30.2 Å². The van der Waals surface area contributed by atoms with E-state index in [1.807, 2.05) is 0 Å². The van der Waals surface area contributed by atoms with Crippen LogP contribution in [0.1, 0.15) is 16.8 Å². The number of nitrogens with zero attached hydrogens (tertiary/aromatic N) is 1. The molecule has 2 N–H and O–H groups in total. The predicted molar refractivity (Wildman–Crippen MR) is 97.9 cm³/mol. The van der Waals surface area contributed by atoms with E-state index in [-0.39, 0.29) is 24.8 Å². The Hall–Kier alpha value is -2.93. The number of nitrogens with one attached hydrogen (secondary N) is 1. The van der Waals surface area contributed by atoms with Crippen molar-refractivity contribution < 1.29 is 23.8 Å². The van der Waals surface area contributed by atoms with Crippen LogP contribution < -0.4 is 10.1 Å². The van der Waals surface area contributed by atoms with Gasteiger partial charge in [0.2, 0.25) is 5.91 Å². The number of amides is 2. The first kappa shape index (κ1) is 18.8. The van der Waals surface area contributed by atoms with Crippen molar-refractivity contribution in [1.82, 2.24) is 10.2 Å². The molecule has 3 rings (SSSR count). The first-order valence-corrected chi connectivity index (χ1v) is 8.68. The molecule has 6 nitrogen and oxygen atoms in total. The second kappa shape index (κ2) is 8.18. The molecule has 0 bridgehead atoms. The smallest absolute Gasteiger partial charge is 0.254 e. The van der Waals surface area contributed by atoms with E-state index in [1.54, 1.807) is 24.3 Å². The molecule has 0 aliphatic carbocycles. The van der Waals surface area contributed by atoms with E-state index in [4.69, 9.17) is 4.74 Å². The van der Waals surface area contributed by atoms with E-state index < -0.39 is 11.9 Å². The van der Waals surface area contributed by atoms with Crippen LogP contribution in [-0.4, -0.2) is 54.7 Å². The summed E-state index contributed by atoms with van der Waals surface area (Å²) in [5.41, 5.74) is 1.56. The lowest BCUT2D eigenvalue weighted by atomic mass is 10.0. The minimum absolute atomic E-state index is 0.176. The minimum atomic E-state index is -0.705. The quantitative estimate of drug-likeness (QED) is 0.839. The zero-order valence-corrected chi connectivity index (χ0v) is 14.9. The van der Waals surface area contributed by atoms with Crippen molar-refractivity contribution in [2.75, 3.05) is 26.8 Å². The van der Waals surface area contributed by atoms with E-state index >= 15 is 0 Å². The minimum Gasteiger partial charge on any atom is -0.496 e. The summed E-state index contributed by atoms with van der Waals surface area (Å²) in [6.45, 7) is 0.537. The second-order valence-electron chi connectivity index (χ2n) is 6.24. The van der Waals surface area contributed by atoms with Crippen LogP contribution in [0.4, 0.5) is 4.39 Å². The Labute approximate surface area is 156 Å². The molecule has 1 saturated heterocycles. The maximum absolute atomic E-state index is 13.7. The monoisotopic (exact) mass is 372 g/mol. The maximum atomic E-state index is 13.7.